The van der Waals surface area contributed by atoms with Gasteiger partial charge in [0.25, 0.3) is 5.69 Å². The van der Waals surface area contributed by atoms with Crippen LogP contribution >= 0.6 is 0 Å². The lowest BCUT2D eigenvalue weighted by Gasteiger charge is -2.18. The number of non-ortho nitro benzene ring substituents is 1. The summed E-state index contributed by atoms with van der Waals surface area (Å²) in [6.07, 6.45) is 4.18. The van der Waals surface area contributed by atoms with E-state index in [2.05, 4.69) is 20.1 Å². The van der Waals surface area contributed by atoms with E-state index in [1.54, 1.807) is 0 Å². The van der Waals surface area contributed by atoms with Crippen LogP contribution in [0.15, 0.2) is 23.1 Å². The molecule has 2 aliphatic rings. The molecule has 1 saturated heterocycles. The van der Waals surface area contributed by atoms with Gasteiger partial charge in [0.05, 0.1) is 10.6 Å². The first-order chi connectivity index (χ1) is 13.5. The van der Waals surface area contributed by atoms with Gasteiger partial charge in [-0.1, -0.05) is 0 Å². The molecule has 0 atom stereocenters. The van der Waals surface area contributed by atoms with Crippen LogP contribution in [0.1, 0.15) is 30.9 Å². The molecule has 2 aromatic rings. The van der Waals surface area contributed by atoms with Crippen molar-refractivity contribution in [1.29, 1.82) is 0 Å². The summed E-state index contributed by atoms with van der Waals surface area (Å²) < 4.78 is 29.5. The van der Waals surface area contributed by atoms with Crippen molar-refractivity contribution >= 4 is 21.4 Å². The fourth-order valence-corrected chi connectivity index (χ4v) is 5.46. The number of nitro groups is 1. The number of hydrogen-bond acceptors (Lipinski definition) is 7. The van der Waals surface area contributed by atoms with Crippen LogP contribution < -0.4 is 5.32 Å². The van der Waals surface area contributed by atoms with Gasteiger partial charge in [0.2, 0.25) is 10.0 Å². The number of aromatic nitrogens is 3. The molecule has 0 bridgehead atoms. The summed E-state index contributed by atoms with van der Waals surface area (Å²) in [4.78, 5) is 10.5. The number of nitro benzene ring substituents is 1. The van der Waals surface area contributed by atoms with Crippen LogP contribution in [0.5, 0.6) is 0 Å². The fraction of sp³-hybridized carbons (Fsp3) is 0.529. The van der Waals surface area contributed by atoms with Crippen molar-refractivity contribution in [2.24, 2.45) is 0 Å². The van der Waals surface area contributed by atoms with Gasteiger partial charge in [0.15, 0.2) is 0 Å². The van der Waals surface area contributed by atoms with Gasteiger partial charge in [-0.2, -0.15) is 4.31 Å². The van der Waals surface area contributed by atoms with Crippen molar-refractivity contribution in [3.05, 3.63) is 40.0 Å². The van der Waals surface area contributed by atoms with Gasteiger partial charge in [-0.3, -0.25) is 10.1 Å². The average molecular weight is 406 g/mol. The minimum atomic E-state index is -3.79. The van der Waals surface area contributed by atoms with E-state index in [1.165, 1.54) is 16.4 Å². The van der Waals surface area contributed by atoms with E-state index < -0.39 is 14.9 Å². The number of hydrogen-bond donors (Lipinski definition) is 1. The summed E-state index contributed by atoms with van der Waals surface area (Å²) in [5, 5.41) is 22.6. The molecule has 2 aliphatic heterocycles. The molecule has 28 heavy (non-hydrogen) atoms. The zero-order chi connectivity index (χ0) is 19.7. The smallest absolute Gasteiger partial charge is 0.270 e. The number of nitrogens with one attached hydrogen (secondary N) is 1. The summed E-state index contributed by atoms with van der Waals surface area (Å²) in [5.41, 5.74) is 0.136. The number of rotatable bonds is 7. The van der Waals surface area contributed by atoms with Crippen LogP contribution in [0.4, 0.5) is 11.4 Å². The second-order valence-electron chi connectivity index (χ2n) is 7.01. The van der Waals surface area contributed by atoms with Gasteiger partial charge in [0.1, 0.15) is 16.5 Å². The quantitative estimate of drug-likeness (QED) is 0.547. The van der Waals surface area contributed by atoms with E-state index in [0.29, 0.717) is 31.7 Å². The number of aryl methyl sites for hydroxylation is 1. The Labute approximate surface area is 162 Å². The van der Waals surface area contributed by atoms with E-state index >= 15 is 0 Å². The SMILES string of the molecule is O=[N+]([O-])c1ccc(NCCc2nnc3n2CCC3)c(S(=O)(=O)N2CCCC2)c1. The van der Waals surface area contributed by atoms with E-state index in [0.717, 1.165) is 49.9 Å². The first-order valence-electron chi connectivity index (χ1n) is 9.40. The Bertz CT molecular complexity index is 997. The predicted octanol–water partition coefficient (Wildman–Crippen LogP) is 1.57. The molecule has 0 amide bonds. The van der Waals surface area contributed by atoms with Crippen molar-refractivity contribution in [3.8, 4) is 0 Å². The van der Waals surface area contributed by atoms with E-state index in [4.69, 9.17) is 0 Å². The molecule has 1 aromatic heterocycles. The Balaban J connectivity index is 1.56. The van der Waals surface area contributed by atoms with Crippen LogP contribution in [0, 0.1) is 10.1 Å². The molecule has 4 rings (SSSR count). The second kappa shape index (κ2) is 7.47. The molecule has 0 radical (unpaired) electrons. The Kier molecular flexibility index (Phi) is 5.02. The van der Waals surface area contributed by atoms with Crippen LogP contribution in [-0.4, -0.2) is 52.0 Å². The highest BCUT2D eigenvalue weighted by Gasteiger charge is 2.31. The third kappa shape index (κ3) is 3.47. The zero-order valence-electron chi connectivity index (χ0n) is 15.4. The highest BCUT2D eigenvalue weighted by molar-refractivity contribution is 7.89. The van der Waals surface area contributed by atoms with Gasteiger partial charge < -0.3 is 9.88 Å². The summed E-state index contributed by atoms with van der Waals surface area (Å²) in [5.74, 6) is 1.86. The molecule has 150 valence electrons. The number of sulfonamides is 1. The van der Waals surface area contributed by atoms with Gasteiger partial charge in [-0.05, 0) is 25.3 Å². The number of nitrogens with zero attached hydrogens (tertiary/aromatic N) is 5. The standard InChI is InChI=1S/C17H22N6O4S/c24-23(25)13-5-6-14(15(12-13)28(26,27)21-9-1-2-10-21)18-8-7-17-20-19-16-4-3-11-22(16)17/h5-6,12,18H,1-4,7-11H2. The molecule has 0 aliphatic carbocycles. The van der Waals surface area contributed by atoms with Gasteiger partial charge in [-0.15, -0.1) is 10.2 Å². The second-order valence-corrected chi connectivity index (χ2v) is 8.92. The van der Waals surface area contributed by atoms with Crippen LogP contribution in [0.3, 0.4) is 0 Å². The Morgan fingerprint density at radius 1 is 1.14 bits per heavy atom. The lowest BCUT2D eigenvalue weighted by atomic mass is 10.2. The summed E-state index contributed by atoms with van der Waals surface area (Å²) in [6, 6.07) is 3.93. The van der Waals surface area contributed by atoms with Crippen molar-refractivity contribution < 1.29 is 13.3 Å². The van der Waals surface area contributed by atoms with Gasteiger partial charge in [0, 0.05) is 51.2 Å². The molecule has 0 saturated carbocycles. The van der Waals surface area contributed by atoms with Gasteiger partial charge in [-0.25, -0.2) is 8.42 Å². The van der Waals surface area contributed by atoms with E-state index in [-0.39, 0.29) is 10.6 Å². The van der Waals surface area contributed by atoms with Crippen LogP contribution in [-0.2, 0) is 29.4 Å². The highest BCUT2D eigenvalue weighted by atomic mass is 32.2. The van der Waals surface area contributed by atoms with Gasteiger partial charge >= 0.3 is 0 Å². The van der Waals surface area contributed by atoms with Crippen molar-refractivity contribution in [1.82, 2.24) is 19.1 Å². The first kappa shape index (κ1) is 18.8. The predicted molar refractivity (Wildman–Crippen MR) is 102 cm³/mol. The summed E-state index contributed by atoms with van der Waals surface area (Å²) in [6.45, 7) is 2.24. The maximum atomic E-state index is 13.0. The Morgan fingerprint density at radius 2 is 1.93 bits per heavy atom. The molecule has 0 spiro atoms. The molecular weight excluding hydrogens is 384 g/mol. The maximum absolute atomic E-state index is 13.0. The van der Waals surface area contributed by atoms with Crippen molar-refractivity contribution in [2.75, 3.05) is 25.0 Å². The Morgan fingerprint density at radius 3 is 2.68 bits per heavy atom. The molecule has 11 heteroatoms. The third-order valence-electron chi connectivity index (χ3n) is 5.21. The zero-order valence-corrected chi connectivity index (χ0v) is 16.2. The lowest BCUT2D eigenvalue weighted by Crippen LogP contribution is -2.28. The molecule has 10 nitrogen and oxygen atoms in total. The van der Waals surface area contributed by atoms with Crippen LogP contribution in [0.25, 0.3) is 0 Å². The highest BCUT2D eigenvalue weighted by Crippen LogP contribution is 2.30. The molecule has 3 heterocycles. The van der Waals surface area contributed by atoms with E-state index in [9.17, 15) is 18.5 Å². The summed E-state index contributed by atoms with van der Waals surface area (Å²) in [7, 11) is -3.79. The maximum Gasteiger partial charge on any atom is 0.270 e. The minimum absolute atomic E-state index is 0.0462. The van der Waals surface area contributed by atoms with Crippen molar-refractivity contribution in [3.63, 3.8) is 0 Å². The molecule has 1 fully saturated rings. The molecular formula is C17H22N6O4S. The topological polar surface area (TPSA) is 123 Å². The largest absolute Gasteiger partial charge is 0.383 e. The first-order valence-corrected chi connectivity index (χ1v) is 10.8. The number of fused-ring (bicyclic) bond motifs is 1. The number of benzene rings is 1. The number of anilines is 1. The normalized spacial score (nSPS) is 17.0. The summed E-state index contributed by atoms with van der Waals surface area (Å²) >= 11 is 0. The molecule has 0 unspecified atom stereocenters. The van der Waals surface area contributed by atoms with Crippen molar-refractivity contribution in [2.45, 2.75) is 43.5 Å². The average Bonchev–Trinajstić information content (AvgIpc) is 3.41. The monoisotopic (exact) mass is 406 g/mol. The lowest BCUT2D eigenvalue weighted by molar-refractivity contribution is -0.385. The molecule has 1 aromatic carbocycles. The Hall–Kier alpha value is -2.53. The minimum Gasteiger partial charge on any atom is -0.383 e. The third-order valence-corrected chi connectivity index (χ3v) is 7.15. The molecule has 1 N–H and O–H groups in total. The fourth-order valence-electron chi connectivity index (χ4n) is 3.76. The van der Waals surface area contributed by atoms with E-state index in [1.807, 2.05) is 0 Å². The van der Waals surface area contributed by atoms with Crippen LogP contribution in [0.2, 0.25) is 0 Å².